The molecule has 7 heteroatoms. The number of benzene rings is 2. The van der Waals surface area contributed by atoms with E-state index in [1.807, 2.05) is 18.2 Å². The summed E-state index contributed by atoms with van der Waals surface area (Å²) in [5.74, 6) is 2.49. The van der Waals surface area contributed by atoms with Crippen LogP contribution in [-0.4, -0.2) is 52.3 Å². The number of ether oxygens (including phenoxy) is 4. The Morgan fingerprint density at radius 3 is 2.30 bits per heavy atom. The molecule has 0 aliphatic carbocycles. The van der Waals surface area contributed by atoms with Crippen molar-refractivity contribution >= 4 is 5.91 Å². The first-order valence-corrected chi connectivity index (χ1v) is 9.68. The van der Waals surface area contributed by atoms with E-state index in [4.69, 9.17) is 24.2 Å². The van der Waals surface area contributed by atoms with Crippen LogP contribution in [0.15, 0.2) is 36.4 Å². The normalized spacial score (nSPS) is 10.1. The lowest BCUT2D eigenvalue weighted by atomic mass is 10.1. The average molecular weight is 412 g/mol. The number of nitriles is 1. The van der Waals surface area contributed by atoms with E-state index in [-0.39, 0.29) is 5.91 Å². The maximum Gasteiger partial charge on any atom is 0.222 e. The highest BCUT2D eigenvalue weighted by Gasteiger charge is 2.11. The van der Waals surface area contributed by atoms with Crippen LogP contribution in [-0.2, 0) is 11.2 Å². The Bertz CT molecular complexity index is 892. The van der Waals surface area contributed by atoms with Crippen LogP contribution >= 0.6 is 0 Å². The van der Waals surface area contributed by atoms with Crippen molar-refractivity contribution in [3.05, 3.63) is 47.5 Å². The minimum Gasteiger partial charge on any atom is -0.493 e. The summed E-state index contributed by atoms with van der Waals surface area (Å²) < 4.78 is 21.5. The molecule has 0 radical (unpaired) electrons. The second-order valence-electron chi connectivity index (χ2n) is 6.68. The molecule has 0 N–H and O–H groups in total. The van der Waals surface area contributed by atoms with Gasteiger partial charge in [-0.05, 0) is 42.7 Å². The van der Waals surface area contributed by atoms with Gasteiger partial charge in [0.1, 0.15) is 0 Å². The molecule has 0 unspecified atom stereocenters. The molecule has 0 saturated carbocycles. The number of hydrogen-bond acceptors (Lipinski definition) is 6. The van der Waals surface area contributed by atoms with Crippen LogP contribution in [0.3, 0.4) is 0 Å². The van der Waals surface area contributed by atoms with Crippen LogP contribution in [0.25, 0.3) is 0 Å². The molecule has 2 aromatic rings. The quantitative estimate of drug-likeness (QED) is 0.526. The number of carbonyl (C=O) groups is 1. The summed E-state index contributed by atoms with van der Waals surface area (Å²) in [5.41, 5.74) is 1.58. The fourth-order valence-electron chi connectivity index (χ4n) is 2.91. The lowest BCUT2D eigenvalue weighted by Gasteiger charge is -2.18. The molecule has 2 rings (SSSR count). The van der Waals surface area contributed by atoms with Gasteiger partial charge in [0.15, 0.2) is 23.0 Å². The van der Waals surface area contributed by atoms with Crippen LogP contribution in [0.5, 0.6) is 23.0 Å². The number of likely N-dealkylation sites (N-methyl/N-ethyl adjacent to an activating group) is 1. The van der Waals surface area contributed by atoms with Gasteiger partial charge in [-0.15, -0.1) is 0 Å². The third-order valence-corrected chi connectivity index (χ3v) is 4.69. The maximum absolute atomic E-state index is 12.4. The number of hydrogen-bond donors (Lipinski definition) is 0. The summed E-state index contributed by atoms with van der Waals surface area (Å²) in [7, 11) is 6.53. The minimum absolute atomic E-state index is 0.0610. The van der Waals surface area contributed by atoms with Crippen LogP contribution < -0.4 is 18.9 Å². The molecule has 30 heavy (non-hydrogen) atoms. The topological polar surface area (TPSA) is 81.0 Å². The molecular formula is C23H28N2O5. The van der Waals surface area contributed by atoms with Crippen LogP contribution in [0.2, 0.25) is 0 Å². The first-order chi connectivity index (χ1) is 14.5. The molecule has 0 aliphatic heterocycles. The Kier molecular flexibility index (Phi) is 8.82. The standard InChI is InChI=1S/C23H28N2O5/c1-25(12-11-17-7-9-19(27-2)21(14-17)28-3)23(26)6-5-13-30-20-10-8-18(16-24)15-22(20)29-4/h7-10,14-15H,5-6,11-13H2,1-4H3. The van der Waals surface area contributed by atoms with Crippen LogP contribution in [0, 0.1) is 11.3 Å². The number of nitrogens with zero attached hydrogens (tertiary/aromatic N) is 2. The summed E-state index contributed by atoms with van der Waals surface area (Å²) in [4.78, 5) is 14.1. The molecule has 160 valence electrons. The van der Waals surface area contributed by atoms with E-state index in [2.05, 4.69) is 6.07 Å². The van der Waals surface area contributed by atoms with Gasteiger partial charge in [-0.1, -0.05) is 6.07 Å². The Balaban J connectivity index is 1.77. The largest absolute Gasteiger partial charge is 0.493 e. The zero-order valence-corrected chi connectivity index (χ0v) is 17.9. The van der Waals surface area contributed by atoms with Crippen LogP contribution in [0.4, 0.5) is 0 Å². The fraction of sp³-hybridized carbons (Fsp3) is 0.391. The second-order valence-corrected chi connectivity index (χ2v) is 6.68. The van der Waals surface area contributed by atoms with Crippen molar-refractivity contribution in [2.45, 2.75) is 19.3 Å². The van der Waals surface area contributed by atoms with E-state index in [0.29, 0.717) is 54.6 Å². The van der Waals surface area contributed by atoms with E-state index in [0.717, 1.165) is 12.0 Å². The predicted octanol–water partition coefficient (Wildman–Crippen LogP) is 3.44. The Hall–Kier alpha value is -3.40. The summed E-state index contributed by atoms with van der Waals surface area (Å²) in [6.07, 6.45) is 1.70. The van der Waals surface area contributed by atoms with Gasteiger partial charge >= 0.3 is 0 Å². The van der Waals surface area contributed by atoms with Crippen molar-refractivity contribution in [1.29, 1.82) is 5.26 Å². The molecule has 0 aromatic heterocycles. The van der Waals surface area contributed by atoms with Crippen molar-refractivity contribution < 1.29 is 23.7 Å². The van der Waals surface area contributed by atoms with E-state index in [9.17, 15) is 4.79 Å². The monoisotopic (exact) mass is 412 g/mol. The average Bonchev–Trinajstić information content (AvgIpc) is 2.79. The molecule has 2 aromatic carbocycles. The number of methoxy groups -OCH3 is 3. The number of amides is 1. The van der Waals surface area contributed by atoms with Crippen LogP contribution in [0.1, 0.15) is 24.0 Å². The zero-order valence-electron chi connectivity index (χ0n) is 17.9. The lowest BCUT2D eigenvalue weighted by molar-refractivity contribution is -0.130. The first kappa shape index (κ1) is 22.9. The van der Waals surface area contributed by atoms with Gasteiger partial charge in [-0.3, -0.25) is 4.79 Å². The fourth-order valence-corrected chi connectivity index (χ4v) is 2.91. The van der Waals surface area contributed by atoms with Gasteiger partial charge in [-0.25, -0.2) is 0 Å². The lowest BCUT2D eigenvalue weighted by Crippen LogP contribution is -2.28. The third-order valence-electron chi connectivity index (χ3n) is 4.69. The van der Waals surface area contributed by atoms with E-state index in [1.54, 1.807) is 44.4 Å². The molecule has 0 atom stereocenters. The highest BCUT2D eigenvalue weighted by Crippen LogP contribution is 2.28. The SMILES string of the molecule is COc1ccc(CCN(C)C(=O)CCCOc2ccc(C#N)cc2OC)cc1OC. The molecule has 0 bridgehead atoms. The van der Waals surface area contributed by atoms with Crippen molar-refractivity contribution in [2.24, 2.45) is 0 Å². The molecule has 7 nitrogen and oxygen atoms in total. The van der Waals surface area contributed by atoms with Crippen molar-refractivity contribution in [1.82, 2.24) is 4.90 Å². The summed E-state index contributed by atoms with van der Waals surface area (Å²) in [6, 6.07) is 12.8. The number of carbonyl (C=O) groups excluding carboxylic acids is 1. The number of rotatable bonds is 11. The van der Waals surface area contributed by atoms with Gasteiger partial charge in [0.2, 0.25) is 5.91 Å². The summed E-state index contributed by atoms with van der Waals surface area (Å²) in [5, 5.41) is 8.94. The van der Waals surface area contributed by atoms with Gasteiger partial charge in [0.25, 0.3) is 0 Å². The van der Waals surface area contributed by atoms with E-state index in [1.165, 1.54) is 7.11 Å². The van der Waals surface area contributed by atoms with Gasteiger partial charge in [0, 0.05) is 26.1 Å². The Labute approximate surface area is 177 Å². The smallest absolute Gasteiger partial charge is 0.222 e. The van der Waals surface area contributed by atoms with Crippen molar-refractivity contribution in [3.8, 4) is 29.1 Å². The van der Waals surface area contributed by atoms with Crippen molar-refractivity contribution in [2.75, 3.05) is 41.5 Å². The van der Waals surface area contributed by atoms with E-state index >= 15 is 0 Å². The predicted molar refractivity (Wildman–Crippen MR) is 113 cm³/mol. The Morgan fingerprint density at radius 1 is 0.967 bits per heavy atom. The molecule has 0 spiro atoms. The molecule has 0 saturated heterocycles. The molecule has 1 amide bonds. The third kappa shape index (κ3) is 6.31. The molecule has 0 aliphatic rings. The highest BCUT2D eigenvalue weighted by atomic mass is 16.5. The van der Waals surface area contributed by atoms with E-state index < -0.39 is 0 Å². The maximum atomic E-state index is 12.4. The van der Waals surface area contributed by atoms with Gasteiger partial charge < -0.3 is 23.8 Å². The Morgan fingerprint density at radius 2 is 1.63 bits per heavy atom. The van der Waals surface area contributed by atoms with Gasteiger partial charge in [0.05, 0.1) is 39.6 Å². The molecule has 0 fully saturated rings. The minimum atomic E-state index is 0.0610. The van der Waals surface area contributed by atoms with Crippen molar-refractivity contribution in [3.63, 3.8) is 0 Å². The zero-order chi connectivity index (χ0) is 21.9. The summed E-state index contributed by atoms with van der Waals surface area (Å²) >= 11 is 0. The summed E-state index contributed by atoms with van der Waals surface area (Å²) in [6.45, 7) is 0.996. The first-order valence-electron chi connectivity index (χ1n) is 9.68. The van der Waals surface area contributed by atoms with Gasteiger partial charge in [-0.2, -0.15) is 5.26 Å². The molecular weight excluding hydrogens is 384 g/mol. The molecule has 0 heterocycles. The second kappa shape index (κ2) is 11.6. The highest BCUT2D eigenvalue weighted by molar-refractivity contribution is 5.75.